The average molecular weight is 196 g/mol. The molecule has 0 saturated heterocycles. The van der Waals surface area contributed by atoms with E-state index in [0.29, 0.717) is 6.42 Å². The molecule has 1 heterocycles. The summed E-state index contributed by atoms with van der Waals surface area (Å²) in [5.41, 5.74) is 8.76. The molecule has 0 radical (unpaired) electrons. The molecule has 1 unspecified atom stereocenters. The summed E-state index contributed by atoms with van der Waals surface area (Å²) in [5, 5.41) is 8.68. The zero-order valence-electron chi connectivity index (χ0n) is 8.74. The van der Waals surface area contributed by atoms with E-state index in [9.17, 15) is 4.79 Å². The second-order valence-electron chi connectivity index (χ2n) is 3.62. The van der Waals surface area contributed by atoms with Gasteiger partial charge in [-0.15, -0.1) is 0 Å². The summed E-state index contributed by atoms with van der Waals surface area (Å²) in [6, 6.07) is -0.810. The van der Waals surface area contributed by atoms with Gasteiger partial charge in [0.1, 0.15) is 6.04 Å². The van der Waals surface area contributed by atoms with Crippen molar-refractivity contribution in [1.29, 1.82) is 0 Å². The molecular formula is C10H16N2O2. The maximum Gasteiger partial charge on any atom is 0.320 e. The summed E-state index contributed by atoms with van der Waals surface area (Å²) >= 11 is 0. The van der Waals surface area contributed by atoms with Crippen molar-refractivity contribution in [2.24, 2.45) is 12.8 Å². The number of aliphatic carboxylic acids is 1. The molecule has 14 heavy (non-hydrogen) atoms. The molecule has 0 spiro atoms. The van der Waals surface area contributed by atoms with E-state index in [1.165, 1.54) is 0 Å². The van der Waals surface area contributed by atoms with Crippen molar-refractivity contribution in [3.05, 3.63) is 23.0 Å². The number of carboxylic acid groups (broad SMARTS) is 1. The number of aryl methyl sites for hydroxylation is 1. The number of rotatable bonds is 3. The summed E-state index contributed by atoms with van der Waals surface area (Å²) in [5.74, 6) is -0.953. The van der Waals surface area contributed by atoms with Gasteiger partial charge in [0.2, 0.25) is 0 Å². The van der Waals surface area contributed by atoms with Gasteiger partial charge in [-0.2, -0.15) is 0 Å². The molecule has 4 nitrogen and oxygen atoms in total. The lowest BCUT2D eigenvalue weighted by Gasteiger charge is -2.05. The summed E-state index contributed by atoms with van der Waals surface area (Å²) in [4.78, 5) is 10.6. The second-order valence-corrected chi connectivity index (χ2v) is 3.62. The van der Waals surface area contributed by atoms with Crippen LogP contribution in [0.5, 0.6) is 0 Å². The second kappa shape index (κ2) is 3.84. The molecular weight excluding hydrogens is 180 g/mol. The van der Waals surface area contributed by atoms with Crippen molar-refractivity contribution in [2.75, 3.05) is 0 Å². The van der Waals surface area contributed by atoms with Crippen LogP contribution < -0.4 is 5.73 Å². The van der Waals surface area contributed by atoms with Gasteiger partial charge in [-0.1, -0.05) is 0 Å². The third-order valence-electron chi connectivity index (χ3n) is 2.66. The molecule has 1 aromatic rings. The van der Waals surface area contributed by atoms with Crippen molar-refractivity contribution in [1.82, 2.24) is 4.57 Å². The maximum absolute atomic E-state index is 10.6. The number of hydrogen-bond acceptors (Lipinski definition) is 2. The van der Waals surface area contributed by atoms with E-state index < -0.39 is 12.0 Å². The molecule has 0 saturated carbocycles. The first-order valence-corrected chi connectivity index (χ1v) is 4.53. The Bertz CT molecular complexity index is 355. The maximum atomic E-state index is 10.6. The van der Waals surface area contributed by atoms with Gasteiger partial charge in [0.05, 0.1) is 0 Å². The molecule has 0 aromatic carbocycles. The normalized spacial score (nSPS) is 12.9. The van der Waals surface area contributed by atoms with Crippen LogP contribution in [0.15, 0.2) is 6.20 Å². The monoisotopic (exact) mass is 196 g/mol. The molecule has 1 aromatic heterocycles. The van der Waals surface area contributed by atoms with Gasteiger partial charge in [0.15, 0.2) is 0 Å². The fourth-order valence-corrected chi connectivity index (χ4v) is 1.45. The van der Waals surface area contributed by atoms with E-state index in [4.69, 9.17) is 10.8 Å². The summed E-state index contributed by atoms with van der Waals surface area (Å²) < 4.78 is 1.99. The zero-order chi connectivity index (χ0) is 10.9. The van der Waals surface area contributed by atoms with Crippen LogP contribution in [0.1, 0.15) is 16.8 Å². The van der Waals surface area contributed by atoms with E-state index in [1.54, 1.807) is 0 Å². The number of carboxylic acids is 1. The molecule has 3 N–H and O–H groups in total. The number of nitrogens with zero attached hydrogens (tertiary/aromatic N) is 1. The molecule has 0 aliphatic heterocycles. The fourth-order valence-electron chi connectivity index (χ4n) is 1.45. The minimum atomic E-state index is -0.953. The smallest absolute Gasteiger partial charge is 0.320 e. The summed E-state index contributed by atoms with van der Waals surface area (Å²) in [6.07, 6.45) is 2.33. The third-order valence-corrected chi connectivity index (χ3v) is 2.66. The first-order valence-electron chi connectivity index (χ1n) is 4.53. The molecule has 1 rings (SSSR count). The van der Waals surface area contributed by atoms with E-state index in [1.807, 2.05) is 31.7 Å². The number of hydrogen-bond donors (Lipinski definition) is 2. The Kier molecular flexibility index (Phi) is 2.96. The number of nitrogens with two attached hydrogens (primary N) is 1. The Morgan fingerprint density at radius 3 is 2.57 bits per heavy atom. The molecule has 0 bridgehead atoms. The lowest BCUT2D eigenvalue weighted by atomic mass is 10.1. The summed E-state index contributed by atoms with van der Waals surface area (Å²) in [6.45, 7) is 3.99. The van der Waals surface area contributed by atoms with Gasteiger partial charge in [0, 0.05) is 18.9 Å². The number of carbonyl (C=O) groups is 1. The molecule has 0 aliphatic rings. The Hall–Kier alpha value is -1.29. The van der Waals surface area contributed by atoms with Crippen LogP contribution in [-0.2, 0) is 18.3 Å². The molecule has 0 fully saturated rings. The highest BCUT2D eigenvalue weighted by Gasteiger charge is 2.15. The van der Waals surface area contributed by atoms with Gasteiger partial charge >= 0.3 is 5.97 Å². The molecule has 4 heteroatoms. The Morgan fingerprint density at radius 1 is 1.64 bits per heavy atom. The largest absolute Gasteiger partial charge is 0.480 e. The third kappa shape index (κ3) is 1.96. The standard InChI is InChI=1S/C10H16N2O2/c1-6-7(2)12(3)5-8(6)4-9(11)10(13)14/h5,9H,4,11H2,1-3H3,(H,13,14). The predicted molar refractivity (Wildman–Crippen MR) is 54.2 cm³/mol. The first kappa shape index (κ1) is 10.8. The van der Waals surface area contributed by atoms with Crippen LogP contribution in [-0.4, -0.2) is 21.7 Å². The zero-order valence-corrected chi connectivity index (χ0v) is 8.74. The van der Waals surface area contributed by atoms with Gasteiger partial charge < -0.3 is 15.4 Å². The summed E-state index contributed by atoms with van der Waals surface area (Å²) in [7, 11) is 1.94. The van der Waals surface area contributed by atoms with Crippen molar-refractivity contribution in [3.63, 3.8) is 0 Å². The fraction of sp³-hybridized carbons (Fsp3) is 0.500. The van der Waals surface area contributed by atoms with Gasteiger partial charge in [0.25, 0.3) is 0 Å². The first-order chi connectivity index (χ1) is 6.43. The van der Waals surface area contributed by atoms with Gasteiger partial charge in [-0.25, -0.2) is 0 Å². The SMILES string of the molecule is Cc1c(CC(N)C(=O)O)cn(C)c1C. The van der Waals surface area contributed by atoms with E-state index >= 15 is 0 Å². The molecule has 0 aliphatic carbocycles. The minimum absolute atomic E-state index is 0.392. The quantitative estimate of drug-likeness (QED) is 0.743. The minimum Gasteiger partial charge on any atom is -0.480 e. The van der Waals surface area contributed by atoms with Crippen LogP contribution in [0.3, 0.4) is 0 Å². The highest BCUT2D eigenvalue weighted by atomic mass is 16.4. The van der Waals surface area contributed by atoms with Crippen molar-refractivity contribution in [2.45, 2.75) is 26.3 Å². The predicted octanol–water partition coefficient (Wildman–Crippen LogP) is 0.596. The topological polar surface area (TPSA) is 68.2 Å². The van der Waals surface area contributed by atoms with Crippen molar-refractivity contribution < 1.29 is 9.90 Å². The van der Waals surface area contributed by atoms with E-state index in [-0.39, 0.29) is 0 Å². The van der Waals surface area contributed by atoms with Crippen molar-refractivity contribution >= 4 is 5.97 Å². The Morgan fingerprint density at radius 2 is 2.21 bits per heavy atom. The van der Waals surface area contributed by atoms with Gasteiger partial charge in [-0.3, -0.25) is 4.79 Å². The number of aromatic nitrogens is 1. The van der Waals surface area contributed by atoms with E-state index in [0.717, 1.165) is 16.8 Å². The van der Waals surface area contributed by atoms with Crippen LogP contribution in [0, 0.1) is 13.8 Å². The lowest BCUT2D eigenvalue weighted by molar-refractivity contribution is -0.138. The molecule has 0 amide bonds. The Balaban J connectivity index is 2.87. The van der Waals surface area contributed by atoms with Crippen LogP contribution in [0.4, 0.5) is 0 Å². The highest BCUT2D eigenvalue weighted by molar-refractivity contribution is 5.73. The Labute approximate surface area is 83.3 Å². The molecule has 78 valence electrons. The van der Waals surface area contributed by atoms with Crippen molar-refractivity contribution in [3.8, 4) is 0 Å². The van der Waals surface area contributed by atoms with Crippen LogP contribution in [0.2, 0.25) is 0 Å². The van der Waals surface area contributed by atoms with E-state index in [2.05, 4.69) is 0 Å². The van der Waals surface area contributed by atoms with Crippen LogP contribution in [0.25, 0.3) is 0 Å². The molecule has 1 atom stereocenters. The highest BCUT2D eigenvalue weighted by Crippen LogP contribution is 2.15. The average Bonchev–Trinajstić information content (AvgIpc) is 2.33. The lowest BCUT2D eigenvalue weighted by Crippen LogP contribution is -2.32. The van der Waals surface area contributed by atoms with Gasteiger partial charge in [-0.05, 0) is 31.4 Å². The van der Waals surface area contributed by atoms with Crippen LogP contribution >= 0.6 is 0 Å².